The number of hydrogen-bond acceptors (Lipinski definition) is 4. The highest BCUT2D eigenvalue weighted by Gasteiger charge is 2.18. The minimum absolute atomic E-state index is 0.136. The van der Waals surface area contributed by atoms with Crippen LogP contribution < -0.4 is 4.74 Å². The molecule has 2 aromatic carbocycles. The zero-order valence-corrected chi connectivity index (χ0v) is 14.6. The lowest BCUT2D eigenvalue weighted by atomic mass is 10.1. The van der Waals surface area contributed by atoms with E-state index in [1.807, 2.05) is 25.2 Å². The van der Waals surface area contributed by atoms with Crippen molar-refractivity contribution >= 4 is 0 Å². The van der Waals surface area contributed by atoms with Crippen LogP contribution in [-0.4, -0.2) is 24.0 Å². The third kappa shape index (κ3) is 3.88. The topological polar surface area (TPSA) is 38.5 Å². The van der Waals surface area contributed by atoms with Gasteiger partial charge in [0.25, 0.3) is 0 Å². The standard InChI is InChI=1S/C20H21FN2O2/c1-14(17-6-4-5-7-18(17)24-3)23(2)13-20-22-12-19(25-20)15-8-10-16(21)11-9-15/h4-12,14H,13H2,1-3H3. The molecule has 5 heteroatoms. The van der Waals surface area contributed by atoms with Gasteiger partial charge in [-0.1, -0.05) is 18.2 Å². The number of aromatic nitrogens is 1. The van der Waals surface area contributed by atoms with Crippen LogP contribution in [0.4, 0.5) is 4.39 Å². The molecule has 0 amide bonds. The van der Waals surface area contributed by atoms with Crippen molar-refractivity contribution in [2.24, 2.45) is 0 Å². The lowest BCUT2D eigenvalue weighted by Gasteiger charge is -2.25. The molecule has 130 valence electrons. The zero-order chi connectivity index (χ0) is 17.8. The molecule has 0 spiro atoms. The summed E-state index contributed by atoms with van der Waals surface area (Å²) < 4.78 is 24.3. The molecule has 25 heavy (non-hydrogen) atoms. The molecule has 3 aromatic rings. The van der Waals surface area contributed by atoms with Crippen LogP contribution >= 0.6 is 0 Å². The first-order chi connectivity index (χ1) is 12.1. The smallest absolute Gasteiger partial charge is 0.209 e. The minimum atomic E-state index is -0.270. The highest BCUT2D eigenvalue weighted by molar-refractivity contribution is 5.55. The second-order valence-corrected chi connectivity index (χ2v) is 5.96. The number of methoxy groups -OCH3 is 1. The summed E-state index contributed by atoms with van der Waals surface area (Å²) in [6.45, 7) is 2.67. The summed E-state index contributed by atoms with van der Waals surface area (Å²) >= 11 is 0. The van der Waals surface area contributed by atoms with Crippen LogP contribution in [-0.2, 0) is 6.54 Å². The Balaban J connectivity index is 1.73. The third-order valence-electron chi connectivity index (χ3n) is 4.32. The number of hydrogen-bond donors (Lipinski definition) is 0. The van der Waals surface area contributed by atoms with Crippen molar-refractivity contribution in [3.05, 3.63) is 72.0 Å². The third-order valence-corrected chi connectivity index (χ3v) is 4.32. The normalized spacial score (nSPS) is 12.4. The maximum atomic E-state index is 13.0. The first-order valence-corrected chi connectivity index (χ1v) is 8.12. The van der Waals surface area contributed by atoms with Crippen molar-refractivity contribution in [3.63, 3.8) is 0 Å². The van der Waals surface area contributed by atoms with Crippen molar-refractivity contribution in [1.82, 2.24) is 9.88 Å². The number of halogens is 1. The van der Waals surface area contributed by atoms with Gasteiger partial charge in [-0.25, -0.2) is 9.37 Å². The molecule has 3 rings (SSSR count). The molecule has 1 heterocycles. The number of benzene rings is 2. The van der Waals surface area contributed by atoms with Crippen molar-refractivity contribution in [3.8, 4) is 17.1 Å². The lowest BCUT2D eigenvalue weighted by Crippen LogP contribution is -2.22. The number of rotatable bonds is 6. The Morgan fingerprint density at radius 2 is 1.88 bits per heavy atom. The highest BCUT2D eigenvalue weighted by Crippen LogP contribution is 2.29. The van der Waals surface area contributed by atoms with E-state index in [-0.39, 0.29) is 11.9 Å². The maximum absolute atomic E-state index is 13.0. The van der Waals surface area contributed by atoms with E-state index in [9.17, 15) is 4.39 Å². The second-order valence-electron chi connectivity index (χ2n) is 5.96. The molecule has 0 fully saturated rings. The summed E-state index contributed by atoms with van der Waals surface area (Å²) in [5.74, 6) is 1.84. The summed E-state index contributed by atoms with van der Waals surface area (Å²) in [6.07, 6.45) is 1.67. The summed E-state index contributed by atoms with van der Waals surface area (Å²) in [6, 6.07) is 14.3. The molecule has 0 aliphatic rings. The molecule has 0 N–H and O–H groups in total. The van der Waals surface area contributed by atoms with Crippen LogP contribution in [0.25, 0.3) is 11.3 Å². The molecule has 1 atom stereocenters. The SMILES string of the molecule is COc1ccccc1C(C)N(C)Cc1ncc(-c2ccc(F)cc2)o1. The molecule has 4 nitrogen and oxygen atoms in total. The lowest BCUT2D eigenvalue weighted by molar-refractivity contribution is 0.224. The van der Waals surface area contributed by atoms with E-state index in [1.54, 1.807) is 25.4 Å². The van der Waals surface area contributed by atoms with Crippen LogP contribution in [0, 0.1) is 5.82 Å². The van der Waals surface area contributed by atoms with Gasteiger partial charge in [-0.2, -0.15) is 0 Å². The van der Waals surface area contributed by atoms with Crippen LogP contribution in [0.3, 0.4) is 0 Å². The highest BCUT2D eigenvalue weighted by atomic mass is 19.1. The van der Waals surface area contributed by atoms with Gasteiger partial charge in [0.2, 0.25) is 5.89 Å². The molecule has 0 saturated carbocycles. The molecular weight excluding hydrogens is 319 g/mol. The average molecular weight is 340 g/mol. The molecule has 0 saturated heterocycles. The minimum Gasteiger partial charge on any atom is -0.496 e. The van der Waals surface area contributed by atoms with Crippen molar-refractivity contribution in [1.29, 1.82) is 0 Å². The Morgan fingerprint density at radius 3 is 2.60 bits per heavy atom. The first kappa shape index (κ1) is 17.2. The maximum Gasteiger partial charge on any atom is 0.209 e. The monoisotopic (exact) mass is 340 g/mol. The van der Waals surface area contributed by atoms with Crippen LogP contribution in [0.2, 0.25) is 0 Å². The predicted octanol–water partition coefficient (Wildman–Crippen LogP) is 4.68. The first-order valence-electron chi connectivity index (χ1n) is 8.12. The van der Waals surface area contributed by atoms with E-state index in [4.69, 9.17) is 9.15 Å². The Morgan fingerprint density at radius 1 is 1.16 bits per heavy atom. The van der Waals surface area contributed by atoms with E-state index in [2.05, 4.69) is 22.9 Å². The van der Waals surface area contributed by atoms with E-state index >= 15 is 0 Å². The van der Waals surface area contributed by atoms with Gasteiger partial charge in [0, 0.05) is 17.2 Å². The molecule has 1 aromatic heterocycles. The summed E-state index contributed by atoms with van der Waals surface area (Å²) in [4.78, 5) is 6.48. The van der Waals surface area contributed by atoms with Gasteiger partial charge < -0.3 is 9.15 Å². The fourth-order valence-electron chi connectivity index (χ4n) is 2.73. The van der Waals surface area contributed by atoms with Gasteiger partial charge in [-0.05, 0) is 44.3 Å². The molecular formula is C20H21FN2O2. The van der Waals surface area contributed by atoms with E-state index in [0.717, 1.165) is 16.9 Å². The Bertz CT molecular complexity index is 830. The summed E-state index contributed by atoms with van der Waals surface area (Å²) in [5, 5.41) is 0. The molecule has 0 bridgehead atoms. The molecule has 0 radical (unpaired) electrons. The Labute approximate surface area is 146 Å². The van der Waals surface area contributed by atoms with E-state index in [0.29, 0.717) is 18.2 Å². The molecule has 0 aliphatic heterocycles. The Kier molecular flexibility index (Phi) is 5.14. The van der Waals surface area contributed by atoms with Crippen molar-refractivity contribution < 1.29 is 13.5 Å². The number of oxazole rings is 1. The van der Waals surface area contributed by atoms with Gasteiger partial charge in [-0.3, -0.25) is 4.90 Å². The van der Waals surface area contributed by atoms with Gasteiger partial charge in [0.05, 0.1) is 19.9 Å². The quantitative estimate of drug-likeness (QED) is 0.653. The zero-order valence-electron chi connectivity index (χ0n) is 14.6. The van der Waals surface area contributed by atoms with Crippen molar-refractivity contribution in [2.75, 3.05) is 14.2 Å². The van der Waals surface area contributed by atoms with Gasteiger partial charge in [0.1, 0.15) is 11.6 Å². The fourth-order valence-corrected chi connectivity index (χ4v) is 2.73. The largest absolute Gasteiger partial charge is 0.496 e. The summed E-state index contributed by atoms with van der Waals surface area (Å²) in [5.41, 5.74) is 1.92. The van der Waals surface area contributed by atoms with E-state index < -0.39 is 0 Å². The van der Waals surface area contributed by atoms with Gasteiger partial charge in [0.15, 0.2) is 5.76 Å². The molecule has 1 unspecified atom stereocenters. The fraction of sp³-hybridized carbons (Fsp3) is 0.250. The predicted molar refractivity (Wildman–Crippen MR) is 94.8 cm³/mol. The van der Waals surface area contributed by atoms with E-state index in [1.165, 1.54) is 12.1 Å². The average Bonchev–Trinajstić information content (AvgIpc) is 3.10. The number of para-hydroxylation sites is 1. The van der Waals surface area contributed by atoms with Crippen molar-refractivity contribution in [2.45, 2.75) is 19.5 Å². The summed E-state index contributed by atoms with van der Waals surface area (Å²) in [7, 11) is 3.69. The van der Waals surface area contributed by atoms with Gasteiger partial charge >= 0.3 is 0 Å². The van der Waals surface area contributed by atoms with Crippen LogP contribution in [0.5, 0.6) is 5.75 Å². The van der Waals surface area contributed by atoms with Crippen LogP contribution in [0.1, 0.15) is 24.4 Å². The number of ether oxygens (including phenoxy) is 1. The molecule has 0 aliphatic carbocycles. The van der Waals surface area contributed by atoms with Crippen LogP contribution in [0.15, 0.2) is 59.1 Å². The Hall–Kier alpha value is -2.66. The number of nitrogens with zero attached hydrogens (tertiary/aromatic N) is 2. The van der Waals surface area contributed by atoms with Gasteiger partial charge in [-0.15, -0.1) is 0 Å². The second kappa shape index (κ2) is 7.49.